The zero-order valence-corrected chi connectivity index (χ0v) is 14.6. The second kappa shape index (κ2) is 7.68. The fourth-order valence-corrected chi connectivity index (χ4v) is 3.24. The number of furan rings is 1. The number of sulfonamides is 1. The Morgan fingerprint density at radius 1 is 1.00 bits per heavy atom. The lowest BCUT2D eigenvalue weighted by Crippen LogP contribution is -2.23. The Bertz CT molecular complexity index is 1050. The molecule has 3 aromatic rings. The van der Waals surface area contributed by atoms with Crippen LogP contribution in [0.25, 0.3) is 0 Å². The van der Waals surface area contributed by atoms with E-state index in [2.05, 4.69) is 10.0 Å². The van der Waals surface area contributed by atoms with Crippen molar-refractivity contribution < 1.29 is 26.4 Å². The number of nitrogens with one attached hydrogen (secondary N) is 2. The molecule has 0 fully saturated rings. The van der Waals surface area contributed by atoms with Crippen molar-refractivity contribution in [3.8, 4) is 0 Å². The summed E-state index contributed by atoms with van der Waals surface area (Å²) in [5, 5.41) is 2.63. The minimum atomic E-state index is -4.00. The highest BCUT2D eigenvalue weighted by atomic mass is 32.2. The van der Waals surface area contributed by atoms with E-state index < -0.39 is 27.6 Å². The first kappa shape index (κ1) is 18.7. The van der Waals surface area contributed by atoms with E-state index in [4.69, 9.17) is 4.42 Å². The zero-order valence-electron chi connectivity index (χ0n) is 13.8. The molecule has 9 heteroatoms. The molecule has 0 spiro atoms. The fraction of sp³-hybridized carbons (Fsp3) is 0.0556. The molecule has 27 heavy (non-hydrogen) atoms. The van der Waals surface area contributed by atoms with Gasteiger partial charge in [0, 0.05) is 12.2 Å². The van der Waals surface area contributed by atoms with Crippen molar-refractivity contribution in [2.75, 3.05) is 5.32 Å². The standard InChI is InChI=1S/C18H14F2N2O4S/c19-15-8-7-14(10-16(15)20)27(24,25)21-11-12-3-5-13(6-4-12)22-18(23)17-2-1-9-26-17/h1-10,21H,11H2,(H,22,23). The van der Waals surface area contributed by atoms with Crippen molar-refractivity contribution in [1.29, 1.82) is 0 Å². The summed E-state index contributed by atoms with van der Waals surface area (Å²) in [4.78, 5) is 11.5. The van der Waals surface area contributed by atoms with E-state index in [1.54, 1.807) is 30.3 Å². The van der Waals surface area contributed by atoms with Crippen molar-refractivity contribution in [1.82, 2.24) is 4.72 Å². The minimum Gasteiger partial charge on any atom is -0.459 e. The van der Waals surface area contributed by atoms with Crippen LogP contribution in [0.1, 0.15) is 16.1 Å². The van der Waals surface area contributed by atoms with E-state index >= 15 is 0 Å². The number of anilines is 1. The van der Waals surface area contributed by atoms with Gasteiger partial charge in [-0.2, -0.15) is 0 Å². The van der Waals surface area contributed by atoms with Crippen molar-refractivity contribution in [2.24, 2.45) is 0 Å². The highest BCUT2D eigenvalue weighted by molar-refractivity contribution is 7.89. The van der Waals surface area contributed by atoms with E-state index in [1.807, 2.05) is 0 Å². The SMILES string of the molecule is O=C(Nc1ccc(CNS(=O)(=O)c2ccc(F)c(F)c2)cc1)c1ccco1. The van der Waals surface area contributed by atoms with Crippen molar-refractivity contribution in [3.05, 3.63) is 83.8 Å². The second-order valence-electron chi connectivity index (χ2n) is 5.53. The molecule has 0 aliphatic heterocycles. The van der Waals surface area contributed by atoms with Gasteiger partial charge in [-0.15, -0.1) is 0 Å². The first-order valence-corrected chi connectivity index (χ1v) is 9.22. The number of hydrogen-bond donors (Lipinski definition) is 2. The van der Waals surface area contributed by atoms with Gasteiger partial charge in [-0.25, -0.2) is 21.9 Å². The quantitative estimate of drug-likeness (QED) is 0.674. The van der Waals surface area contributed by atoms with Gasteiger partial charge in [0.1, 0.15) is 0 Å². The fourth-order valence-electron chi connectivity index (χ4n) is 2.21. The summed E-state index contributed by atoms with van der Waals surface area (Å²) in [6, 6.07) is 11.9. The maximum Gasteiger partial charge on any atom is 0.291 e. The van der Waals surface area contributed by atoms with Crippen LogP contribution < -0.4 is 10.0 Å². The molecule has 0 atom stereocenters. The molecule has 3 rings (SSSR count). The van der Waals surface area contributed by atoms with E-state index in [0.29, 0.717) is 17.3 Å². The van der Waals surface area contributed by atoms with E-state index in [9.17, 15) is 22.0 Å². The third kappa shape index (κ3) is 4.57. The summed E-state index contributed by atoms with van der Waals surface area (Å²) in [6.07, 6.45) is 1.39. The predicted octanol–water partition coefficient (Wildman–Crippen LogP) is 3.29. The van der Waals surface area contributed by atoms with Gasteiger partial charge in [0.25, 0.3) is 5.91 Å². The van der Waals surface area contributed by atoms with Crippen molar-refractivity contribution in [3.63, 3.8) is 0 Å². The Labute approximate surface area is 153 Å². The van der Waals surface area contributed by atoms with Crippen LogP contribution in [0.2, 0.25) is 0 Å². The number of carbonyl (C=O) groups is 1. The Morgan fingerprint density at radius 3 is 2.37 bits per heavy atom. The van der Waals surface area contributed by atoms with Gasteiger partial charge < -0.3 is 9.73 Å². The van der Waals surface area contributed by atoms with E-state index in [0.717, 1.165) is 12.1 Å². The molecule has 0 saturated heterocycles. The van der Waals surface area contributed by atoms with Crippen LogP contribution >= 0.6 is 0 Å². The van der Waals surface area contributed by atoms with E-state index in [1.165, 1.54) is 12.3 Å². The monoisotopic (exact) mass is 392 g/mol. The molecule has 0 radical (unpaired) electrons. The Morgan fingerprint density at radius 2 is 1.74 bits per heavy atom. The molecule has 1 aromatic heterocycles. The highest BCUT2D eigenvalue weighted by Crippen LogP contribution is 2.15. The molecule has 2 N–H and O–H groups in total. The largest absolute Gasteiger partial charge is 0.459 e. The Hall–Kier alpha value is -3.04. The van der Waals surface area contributed by atoms with Gasteiger partial charge in [0.2, 0.25) is 10.0 Å². The van der Waals surface area contributed by atoms with Crippen molar-refractivity contribution >= 4 is 21.6 Å². The van der Waals surface area contributed by atoms with Gasteiger partial charge in [0.15, 0.2) is 17.4 Å². The molecule has 0 saturated carbocycles. The van der Waals surface area contributed by atoms with Crippen LogP contribution in [0.4, 0.5) is 14.5 Å². The zero-order chi connectivity index (χ0) is 19.4. The van der Waals surface area contributed by atoms with Crippen LogP contribution in [-0.2, 0) is 16.6 Å². The molecule has 0 aliphatic rings. The van der Waals surface area contributed by atoms with Crippen LogP contribution in [-0.4, -0.2) is 14.3 Å². The molecule has 0 bridgehead atoms. The number of amides is 1. The topological polar surface area (TPSA) is 88.4 Å². The third-order valence-electron chi connectivity index (χ3n) is 3.62. The molecule has 0 aliphatic carbocycles. The molecule has 6 nitrogen and oxygen atoms in total. The molecule has 1 heterocycles. The van der Waals surface area contributed by atoms with Crippen LogP contribution in [0.3, 0.4) is 0 Å². The summed E-state index contributed by atoms with van der Waals surface area (Å²) in [6.45, 7) is -0.0618. The molecular weight excluding hydrogens is 378 g/mol. The number of carbonyl (C=O) groups excluding carboxylic acids is 1. The predicted molar refractivity (Wildman–Crippen MR) is 93.5 cm³/mol. The molecule has 1 amide bonds. The van der Waals surface area contributed by atoms with Gasteiger partial charge >= 0.3 is 0 Å². The molecule has 2 aromatic carbocycles. The number of benzene rings is 2. The third-order valence-corrected chi connectivity index (χ3v) is 5.02. The molecule has 140 valence electrons. The molecular formula is C18H14F2N2O4S. The smallest absolute Gasteiger partial charge is 0.291 e. The normalized spacial score (nSPS) is 11.3. The van der Waals surface area contributed by atoms with Crippen LogP contribution in [0.15, 0.2) is 70.2 Å². The van der Waals surface area contributed by atoms with Gasteiger partial charge in [-0.05, 0) is 48.0 Å². The van der Waals surface area contributed by atoms with Gasteiger partial charge in [-0.3, -0.25) is 4.79 Å². The lowest BCUT2D eigenvalue weighted by atomic mass is 10.2. The maximum atomic E-state index is 13.2. The van der Waals surface area contributed by atoms with E-state index in [-0.39, 0.29) is 17.2 Å². The lowest BCUT2D eigenvalue weighted by molar-refractivity contribution is 0.0996. The average Bonchev–Trinajstić information content (AvgIpc) is 3.18. The number of hydrogen-bond acceptors (Lipinski definition) is 4. The van der Waals surface area contributed by atoms with Crippen LogP contribution in [0, 0.1) is 11.6 Å². The summed E-state index contributed by atoms with van der Waals surface area (Å²) in [5.41, 5.74) is 1.11. The lowest BCUT2D eigenvalue weighted by Gasteiger charge is -2.08. The maximum absolute atomic E-state index is 13.2. The number of rotatable bonds is 6. The Balaban J connectivity index is 1.62. The Kier molecular flexibility index (Phi) is 5.33. The van der Waals surface area contributed by atoms with Crippen LogP contribution in [0.5, 0.6) is 0 Å². The first-order valence-electron chi connectivity index (χ1n) is 7.74. The van der Waals surface area contributed by atoms with Gasteiger partial charge in [-0.1, -0.05) is 12.1 Å². The van der Waals surface area contributed by atoms with Gasteiger partial charge in [0.05, 0.1) is 11.2 Å². The summed E-state index contributed by atoms with van der Waals surface area (Å²) in [7, 11) is -4.00. The van der Waals surface area contributed by atoms with Crippen molar-refractivity contribution in [2.45, 2.75) is 11.4 Å². The number of halogens is 2. The molecule has 0 unspecified atom stereocenters. The summed E-state index contributed by atoms with van der Waals surface area (Å²) < 4.78 is 57.7. The summed E-state index contributed by atoms with van der Waals surface area (Å²) >= 11 is 0. The second-order valence-corrected chi connectivity index (χ2v) is 7.30. The summed E-state index contributed by atoms with van der Waals surface area (Å²) in [5.74, 6) is -2.61. The first-order chi connectivity index (χ1) is 12.8. The highest BCUT2D eigenvalue weighted by Gasteiger charge is 2.16. The minimum absolute atomic E-state index is 0.0618. The average molecular weight is 392 g/mol.